The molecule has 4 aromatic rings. The normalized spacial score (nSPS) is 12.2. The van der Waals surface area contributed by atoms with E-state index < -0.39 is 6.10 Å². The minimum Gasteiger partial charge on any atom is -0.396 e. The molecule has 4 rings (SSSR count). The van der Waals surface area contributed by atoms with Crippen LogP contribution in [0.3, 0.4) is 0 Å². The molecule has 1 heterocycles. The van der Waals surface area contributed by atoms with Gasteiger partial charge in [0, 0.05) is 45.7 Å². The number of carbonyl (C=O) groups excluding carboxylic acids is 1. The summed E-state index contributed by atoms with van der Waals surface area (Å²) in [5, 5.41) is 25.9. The van der Waals surface area contributed by atoms with Crippen molar-refractivity contribution >= 4 is 45.1 Å². The summed E-state index contributed by atoms with van der Waals surface area (Å²) in [7, 11) is 0. The second-order valence-electron chi connectivity index (χ2n) is 7.76. The number of aromatic nitrogens is 1. The fraction of sp³-hybridized carbons (Fsp3) is 0.240. The number of urea groups is 1. The first-order valence-corrected chi connectivity index (χ1v) is 11.0. The van der Waals surface area contributed by atoms with Gasteiger partial charge in [-0.05, 0) is 42.8 Å². The Labute approximate surface area is 191 Å². The van der Waals surface area contributed by atoms with E-state index in [9.17, 15) is 15.0 Å². The minimum atomic E-state index is -0.788. The summed E-state index contributed by atoms with van der Waals surface area (Å²) in [6.45, 7) is 0.784. The van der Waals surface area contributed by atoms with E-state index in [1.54, 1.807) is 24.3 Å². The van der Waals surface area contributed by atoms with Gasteiger partial charge in [-0.15, -0.1) is 0 Å². The van der Waals surface area contributed by atoms with Gasteiger partial charge in [0.25, 0.3) is 0 Å². The summed E-state index contributed by atoms with van der Waals surface area (Å²) >= 11 is 5.91. The highest BCUT2D eigenvalue weighted by atomic mass is 35.5. The van der Waals surface area contributed by atoms with E-state index in [4.69, 9.17) is 11.6 Å². The van der Waals surface area contributed by atoms with Gasteiger partial charge >= 0.3 is 6.03 Å². The molecule has 1 atom stereocenters. The molecule has 2 amide bonds. The molecule has 1 unspecified atom stereocenters. The maximum Gasteiger partial charge on any atom is 0.321 e. The van der Waals surface area contributed by atoms with Crippen molar-refractivity contribution in [3.63, 3.8) is 0 Å². The lowest BCUT2D eigenvalue weighted by Gasteiger charge is -2.26. The van der Waals surface area contributed by atoms with Crippen molar-refractivity contribution < 1.29 is 15.0 Å². The lowest BCUT2D eigenvalue weighted by molar-refractivity contribution is 0.109. The molecular formula is C25H26ClN3O3. The van der Waals surface area contributed by atoms with E-state index >= 15 is 0 Å². The molecule has 0 aliphatic carbocycles. The van der Waals surface area contributed by atoms with Crippen LogP contribution >= 0.6 is 11.6 Å². The lowest BCUT2D eigenvalue weighted by atomic mass is 10.2. The highest BCUT2D eigenvalue weighted by molar-refractivity contribution is 6.30. The highest BCUT2D eigenvalue weighted by Crippen LogP contribution is 2.29. The van der Waals surface area contributed by atoms with Crippen LogP contribution in [0, 0.1) is 0 Å². The second kappa shape index (κ2) is 10.0. The Bertz CT molecular complexity index is 1150. The Morgan fingerprint density at radius 1 is 0.969 bits per heavy atom. The number of benzene rings is 3. The number of nitrogens with one attached hydrogen (secondary N) is 1. The van der Waals surface area contributed by atoms with Gasteiger partial charge in [-0.3, -0.25) is 0 Å². The maximum atomic E-state index is 12.8. The van der Waals surface area contributed by atoms with Crippen molar-refractivity contribution in [3.05, 3.63) is 77.8 Å². The van der Waals surface area contributed by atoms with Gasteiger partial charge in [-0.1, -0.05) is 48.0 Å². The van der Waals surface area contributed by atoms with Crippen LogP contribution in [0.2, 0.25) is 5.02 Å². The second-order valence-corrected chi connectivity index (χ2v) is 8.20. The largest absolute Gasteiger partial charge is 0.396 e. The summed E-state index contributed by atoms with van der Waals surface area (Å²) < 4.78 is 2.09. The third-order valence-corrected chi connectivity index (χ3v) is 5.73. The van der Waals surface area contributed by atoms with E-state index in [0.29, 0.717) is 30.2 Å². The van der Waals surface area contributed by atoms with Gasteiger partial charge in [-0.2, -0.15) is 0 Å². The van der Waals surface area contributed by atoms with Crippen LogP contribution in [0.1, 0.15) is 6.42 Å². The zero-order valence-electron chi connectivity index (χ0n) is 17.6. The number of hydrogen-bond donors (Lipinski definition) is 3. The Kier molecular flexibility index (Phi) is 6.95. The average molecular weight is 452 g/mol. The SMILES string of the molecule is O=C(Nc1ccc(Cl)cc1)N(CCCO)CC(O)Cn1c2ccccc2c2ccccc21. The van der Waals surface area contributed by atoms with Crippen molar-refractivity contribution in [2.45, 2.75) is 19.1 Å². The first kappa shape index (κ1) is 22.1. The third-order valence-electron chi connectivity index (χ3n) is 5.47. The Morgan fingerprint density at radius 3 is 2.16 bits per heavy atom. The minimum absolute atomic E-state index is 0.0340. The number of carbonyl (C=O) groups is 1. The molecule has 3 aromatic carbocycles. The molecule has 0 aliphatic rings. The zero-order valence-corrected chi connectivity index (χ0v) is 18.4. The molecule has 32 heavy (non-hydrogen) atoms. The van der Waals surface area contributed by atoms with Crippen molar-refractivity contribution in [1.82, 2.24) is 9.47 Å². The Hall–Kier alpha value is -3.06. The number of fused-ring (bicyclic) bond motifs is 3. The van der Waals surface area contributed by atoms with Crippen LogP contribution in [0.4, 0.5) is 10.5 Å². The number of anilines is 1. The number of rotatable bonds is 8. The highest BCUT2D eigenvalue weighted by Gasteiger charge is 2.20. The fourth-order valence-corrected chi connectivity index (χ4v) is 4.12. The van der Waals surface area contributed by atoms with Crippen molar-refractivity contribution in [2.24, 2.45) is 0 Å². The first-order valence-electron chi connectivity index (χ1n) is 10.6. The molecule has 0 bridgehead atoms. The standard InChI is InChI=1S/C25H26ClN3O3/c26-18-10-12-19(13-11-18)27-25(32)28(14-5-15-30)16-20(31)17-29-23-8-3-1-6-21(23)22-7-2-4-9-24(22)29/h1-4,6-13,20,30-31H,5,14-17H2,(H,27,32). The van der Waals surface area contributed by atoms with E-state index in [2.05, 4.69) is 22.0 Å². The van der Waals surface area contributed by atoms with Gasteiger partial charge in [0.15, 0.2) is 0 Å². The quantitative estimate of drug-likeness (QED) is 0.362. The molecular weight excluding hydrogens is 426 g/mol. The average Bonchev–Trinajstić information content (AvgIpc) is 3.12. The molecule has 166 valence electrons. The molecule has 6 nitrogen and oxygen atoms in total. The van der Waals surface area contributed by atoms with Gasteiger partial charge in [0.05, 0.1) is 19.2 Å². The molecule has 1 aromatic heterocycles. The number of hydrogen-bond acceptors (Lipinski definition) is 3. The van der Waals surface area contributed by atoms with E-state index in [0.717, 1.165) is 21.8 Å². The van der Waals surface area contributed by atoms with Gasteiger partial charge in [0.2, 0.25) is 0 Å². The topological polar surface area (TPSA) is 77.7 Å². The van der Waals surface area contributed by atoms with Crippen LogP contribution < -0.4 is 5.32 Å². The fourth-order valence-electron chi connectivity index (χ4n) is 4.00. The molecule has 3 N–H and O–H groups in total. The van der Waals surface area contributed by atoms with Crippen molar-refractivity contribution in [2.75, 3.05) is 25.0 Å². The summed E-state index contributed by atoms with van der Waals surface area (Å²) in [5.74, 6) is 0. The number of aliphatic hydroxyl groups is 2. The van der Waals surface area contributed by atoms with Gasteiger partial charge in [0.1, 0.15) is 0 Å². The third kappa shape index (κ3) is 4.88. The molecule has 0 radical (unpaired) electrons. The monoisotopic (exact) mass is 451 g/mol. The molecule has 0 fully saturated rings. The van der Waals surface area contributed by atoms with Crippen LogP contribution in [0.15, 0.2) is 72.8 Å². The molecule has 7 heteroatoms. The predicted octanol–water partition coefficient (Wildman–Crippen LogP) is 4.73. The maximum absolute atomic E-state index is 12.8. The Balaban J connectivity index is 1.53. The van der Waals surface area contributed by atoms with Gasteiger partial charge in [-0.25, -0.2) is 4.79 Å². The van der Waals surface area contributed by atoms with Crippen LogP contribution in [-0.4, -0.2) is 51.5 Å². The summed E-state index contributed by atoms with van der Waals surface area (Å²) in [4.78, 5) is 14.4. The number of aliphatic hydroxyl groups excluding tert-OH is 2. The van der Waals surface area contributed by atoms with Crippen LogP contribution in [-0.2, 0) is 6.54 Å². The summed E-state index contributed by atoms with van der Waals surface area (Å²) in [6, 6.07) is 22.7. The van der Waals surface area contributed by atoms with Crippen molar-refractivity contribution in [1.29, 1.82) is 0 Å². The van der Waals surface area contributed by atoms with E-state index in [1.165, 1.54) is 4.90 Å². The molecule has 0 aliphatic heterocycles. The van der Waals surface area contributed by atoms with E-state index in [-0.39, 0.29) is 19.2 Å². The smallest absolute Gasteiger partial charge is 0.321 e. The predicted molar refractivity (Wildman–Crippen MR) is 129 cm³/mol. The number of amides is 2. The summed E-state index contributed by atoms with van der Waals surface area (Å²) in [6.07, 6.45) is -0.361. The lowest BCUT2D eigenvalue weighted by Crippen LogP contribution is -2.42. The summed E-state index contributed by atoms with van der Waals surface area (Å²) in [5.41, 5.74) is 2.70. The van der Waals surface area contributed by atoms with Crippen LogP contribution in [0.5, 0.6) is 0 Å². The van der Waals surface area contributed by atoms with Crippen LogP contribution in [0.25, 0.3) is 21.8 Å². The number of nitrogens with zero attached hydrogens (tertiary/aromatic N) is 2. The van der Waals surface area contributed by atoms with E-state index in [1.807, 2.05) is 36.4 Å². The molecule has 0 saturated heterocycles. The number of para-hydroxylation sites is 2. The first-order chi connectivity index (χ1) is 15.6. The number of halogens is 1. The molecule has 0 saturated carbocycles. The Morgan fingerprint density at radius 2 is 1.56 bits per heavy atom. The zero-order chi connectivity index (χ0) is 22.5. The molecule has 0 spiro atoms. The van der Waals surface area contributed by atoms with Crippen molar-refractivity contribution in [3.8, 4) is 0 Å². The van der Waals surface area contributed by atoms with Gasteiger partial charge < -0.3 is 25.0 Å².